The van der Waals surface area contributed by atoms with Crippen molar-refractivity contribution in [2.45, 2.75) is 31.3 Å². The molecule has 0 aliphatic heterocycles. The number of nitrogens with zero attached hydrogens (tertiary/aromatic N) is 2. The quantitative estimate of drug-likeness (QED) is 0.436. The number of carbonyl (C=O) groups is 2. The van der Waals surface area contributed by atoms with Crippen molar-refractivity contribution in [3.63, 3.8) is 0 Å². The van der Waals surface area contributed by atoms with E-state index in [0.717, 1.165) is 27.6 Å². The van der Waals surface area contributed by atoms with Crippen LogP contribution < -0.4 is 14.4 Å². The number of ether oxygens (including phenoxy) is 1. The number of aryl methyl sites for hydroxylation is 1. The van der Waals surface area contributed by atoms with Gasteiger partial charge in [0.1, 0.15) is 24.2 Å². The van der Waals surface area contributed by atoms with Crippen LogP contribution in [0.1, 0.15) is 18.1 Å². The number of carbonyl (C=O) groups excluding carboxylic acids is 2. The van der Waals surface area contributed by atoms with Gasteiger partial charge in [0.2, 0.25) is 11.8 Å². The molecule has 1 N–H and O–H groups in total. The van der Waals surface area contributed by atoms with E-state index < -0.39 is 40.2 Å². The van der Waals surface area contributed by atoms with Crippen LogP contribution in [0.25, 0.3) is 0 Å². The number of methoxy groups -OCH3 is 1. The van der Waals surface area contributed by atoms with Gasteiger partial charge in [-0.3, -0.25) is 13.9 Å². The molecule has 196 valence electrons. The van der Waals surface area contributed by atoms with E-state index in [4.69, 9.17) is 4.74 Å². The van der Waals surface area contributed by atoms with Crippen LogP contribution in [0.5, 0.6) is 5.75 Å². The first-order chi connectivity index (χ1) is 17.6. The molecule has 0 aliphatic carbocycles. The van der Waals surface area contributed by atoms with Crippen LogP contribution in [-0.4, -0.2) is 51.9 Å². The number of nitrogens with one attached hydrogen (secondary N) is 1. The summed E-state index contributed by atoms with van der Waals surface area (Å²) in [6.07, 6.45) is 0. The second kappa shape index (κ2) is 11.9. The highest BCUT2D eigenvalue weighted by Gasteiger charge is 2.32. The zero-order valence-corrected chi connectivity index (χ0v) is 22.0. The summed E-state index contributed by atoms with van der Waals surface area (Å²) in [5.74, 6) is -0.923. The minimum Gasteiger partial charge on any atom is -0.497 e. The van der Waals surface area contributed by atoms with Gasteiger partial charge < -0.3 is 15.0 Å². The predicted octanol–water partition coefficient (Wildman–Crippen LogP) is 3.50. The normalized spacial score (nSPS) is 11.9. The van der Waals surface area contributed by atoms with Gasteiger partial charge in [0.15, 0.2) is 0 Å². The molecule has 0 spiro atoms. The molecule has 0 saturated heterocycles. The Bertz CT molecular complexity index is 1330. The number of hydrogen-bond acceptors (Lipinski definition) is 5. The second-order valence-electron chi connectivity index (χ2n) is 8.46. The molecule has 3 aromatic rings. The van der Waals surface area contributed by atoms with E-state index in [1.807, 2.05) is 6.92 Å². The highest BCUT2D eigenvalue weighted by molar-refractivity contribution is 7.92. The Morgan fingerprint density at radius 1 is 0.973 bits per heavy atom. The van der Waals surface area contributed by atoms with Crippen molar-refractivity contribution in [3.8, 4) is 5.75 Å². The molecule has 37 heavy (non-hydrogen) atoms. The summed E-state index contributed by atoms with van der Waals surface area (Å²) in [5.41, 5.74) is 1.71. The summed E-state index contributed by atoms with van der Waals surface area (Å²) in [6.45, 7) is 2.85. The minimum absolute atomic E-state index is 0.0173. The Hall–Kier alpha value is -3.92. The standard InChI is InChI=1S/C27H30FN3O5S/c1-19-5-15-25(16-6-19)37(34,35)31(23-11-9-22(28)10-12-23)18-26(32)30(20(2)27(33)29-3)17-21-7-13-24(36-4)14-8-21/h5-16,20H,17-18H2,1-4H3,(H,29,33). The molecule has 0 bridgehead atoms. The lowest BCUT2D eigenvalue weighted by Gasteiger charge is -2.31. The van der Waals surface area contributed by atoms with Crippen molar-refractivity contribution in [1.82, 2.24) is 10.2 Å². The maximum Gasteiger partial charge on any atom is 0.264 e. The molecule has 0 aromatic heterocycles. The first kappa shape index (κ1) is 27.7. The van der Waals surface area contributed by atoms with Gasteiger partial charge >= 0.3 is 0 Å². The Morgan fingerprint density at radius 3 is 2.11 bits per heavy atom. The second-order valence-corrected chi connectivity index (χ2v) is 10.3. The molecule has 0 fully saturated rings. The average Bonchev–Trinajstić information content (AvgIpc) is 2.90. The van der Waals surface area contributed by atoms with Crippen molar-refractivity contribution >= 4 is 27.5 Å². The van der Waals surface area contributed by atoms with E-state index in [9.17, 15) is 22.4 Å². The summed E-state index contributed by atoms with van der Waals surface area (Å²) in [6, 6.07) is 17.1. The molecular formula is C27H30FN3O5S. The lowest BCUT2D eigenvalue weighted by atomic mass is 10.1. The fraction of sp³-hybridized carbons (Fsp3) is 0.259. The molecule has 10 heteroatoms. The summed E-state index contributed by atoms with van der Waals surface area (Å²) in [5, 5.41) is 2.53. The third-order valence-corrected chi connectivity index (χ3v) is 7.72. The van der Waals surface area contributed by atoms with Gasteiger partial charge in [-0.15, -0.1) is 0 Å². The zero-order chi connectivity index (χ0) is 27.2. The Balaban J connectivity index is 2.00. The number of hydrogen-bond donors (Lipinski definition) is 1. The van der Waals surface area contributed by atoms with E-state index in [1.54, 1.807) is 43.3 Å². The maximum atomic E-state index is 13.7. The van der Waals surface area contributed by atoms with Gasteiger partial charge in [-0.25, -0.2) is 12.8 Å². The number of likely N-dealkylation sites (N-methyl/N-ethyl adjacent to an activating group) is 1. The molecule has 0 heterocycles. The molecular weight excluding hydrogens is 497 g/mol. The van der Waals surface area contributed by atoms with Crippen LogP contribution in [0.15, 0.2) is 77.7 Å². The van der Waals surface area contributed by atoms with Gasteiger partial charge in [-0.1, -0.05) is 29.8 Å². The molecule has 8 nitrogen and oxygen atoms in total. The molecule has 1 atom stereocenters. The predicted molar refractivity (Wildman–Crippen MR) is 139 cm³/mol. The van der Waals surface area contributed by atoms with Gasteiger partial charge in [0.05, 0.1) is 17.7 Å². The van der Waals surface area contributed by atoms with Crippen molar-refractivity contribution in [1.29, 1.82) is 0 Å². The van der Waals surface area contributed by atoms with Crippen molar-refractivity contribution in [3.05, 3.63) is 89.7 Å². The number of anilines is 1. The van der Waals surface area contributed by atoms with Crippen LogP contribution in [0.2, 0.25) is 0 Å². The van der Waals surface area contributed by atoms with Crippen LogP contribution in [0.4, 0.5) is 10.1 Å². The summed E-state index contributed by atoms with van der Waals surface area (Å²) >= 11 is 0. The first-order valence-corrected chi connectivity index (χ1v) is 13.0. The highest BCUT2D eigenvalue weighted by Crippen LogP contribution is 2.25. The third-order valence-electron chi connectivity index (χ3n) is 5.93. The van der Waals surface area contributed by atoms with Crippen LogP contribution in [0.3, 0.4) is 0 Å². The van der Waals surface area contributed by atoms with Crippen molar-refractivity contribution in [2.75, 3.05) is 25.0 Å². The summed E-state index contributed by atoms with van der Waals surface area (Å²) < 4.78 is 47.0. The van der Waals surface area contributed by atoms with E-state index >= 15 is 0 Å². The fourth-order valence-electron chi connectivity index (χ4n) is 3.69. The highest BCUT2D eigenvalue weighted by atomic mass is 32.2. The molecule has 2 amide bonds. The van der Waals surface area contributed by atoms with E-state index in [2.05, 4.69) is 5.32 Å². The van der Waals surface area contributed by atoms with Crippen molar-refractivity contribution < 1.29 is 27.1 Å². The Labute approximate surface area is 216 Å². The van der Waals surface area contributed by atoms with Gasteiger partial charge in [-0.2, -0.15) is 0 Å². The minimum atomic E-state index is -4.20. The number of benzene rings is 3. The van der Waals surface area contributed by atoms with Gasteiger partial charge in [-0.05, 0) is 67.9 Å². The van der Waals surface area contributed by atoms with E-state index in [0.29, 0.717) is 5.75 Å². The summed E-state index contributed by atoms with van der Waals surface area (Å²) in [7, 11) is -1.20. The van der Waals surface area contributed by atoms with Gasteiger partial charge in [0, 0.05) is 13.6 Å². The molecule has 1 unspecified atom stereocenters. The van der Waals surface area contributed by atoms with E-state index in [-0.39, 0.29) is 17.1 Å². The first-order valence-electron chi connectivity index (χ1n) is 11.6. The fourth-order valence-corrected chi connectivity index (χ4v) is 5.11. The molecule has 0 radical (unpaired) electrons. The smallest absolute Gasteiger partial charge is 0.264 e. The molecule has 3 aromatic carbocycles. The number of sulfonamides is 1. The number of rotatable bonds is 10. The monoisotopic (exact) mass is 527 g/mol. The van der Waals surface area contributed by atoms with Gasteiger partial charge in [0.25, 0.3) is 10.0 Å². The largest absolute Gasteiger partial charge is 0.497 e. The third kappa shape index (κ3) is 6.65. The number of amides is 2. The van der Waals surface area contributed by atoms with Crippen LogP contribution >= 0.6 is 0 Å². The van der Waals surface area contributed by atoms with Crippen LogP contribution in [-0.2, 0) is 26.2 Å². The topological polar surface area (TPSA) is 96.0 Å². The van der Waals surface area contributed by atoms with Crippen LogP contribution in [0, 0.1) is 12.7 Å². The Morgan fingerprint density at radius 2 is 1.57 bits per heavy atom. The van der Waals surface area contributed by atoms with E-state index in [1.165, 1.54) is 43.3 Å². The zero-order valence-electron chi connectivity index (χ0n) is 21.1. The Kier molecular flexibility index (Phi) is 8.88. The SMILES string of the molecule is CNC(=O)C(C)N(Cc1ccc(OC)cc1)C(=O)CN(c1ccc(F)cc1)S(=O)(=O)c1ccc(C)cc1. The molecule has 0 saturated carbocycles. The average molecular weight is 528 g/mol. The lowest BCUT2D eigenvalue weighted by Crippen LogP contribution is -2.50. The number of halogens is 1. The van der Waals surface area contributed by atoms with Crippen molar-refractivity contribution in [2.24, 2.45) is 0 Å². The summed E-state index contributed by atoms with van der Waals surface area (Å²) in [4.78, 5) is 27.4. The molecule has 0 aliphatic rings. The lowest BCUT2D eigenvalue weighted by molar-refractivity contribution is -0.139. The molecule has 3 rings (SSSR count). The maximum absolute atomic E-state index is 13.7.